The minimum Gasteiger partial charge on any atom is -0.393 e. The van der Waals surface area contributed by atoms with Crippen LogP contribution in [-0.4, -0.2) is 28.9 Å². The first kappa shape index (κ1) is 15.4. The second-order valence-electron chi connectivity index (χ2n) is 5.63. The molecule has 1 heterocycles. The smallest absolute Gasteiger partial charge is 0.254 e. The Morgan fingerprint density at radius 3 is 2.55 bits per heavy atom. The second-order valence-corrected chi connectivity index (χ2v) is 6.92. The fraction of sp³-hybridized carbons (Fsp3) is 0.467. The molecule has 1 saturated heterocycles. The molecule has 2 N–H and O–H groups in total. The highest BCUT2D eigenvalue weighted by atomic mass is 79.9. The van der Waals surface area contributed by atoms with Gasteiger partial charge in [-0.25, -0.2) is 0 Å². The van der Waals surface area contributed by atoms with Gasteiger partial charge in [-0.15, -0.1) is 0 Å². The van der Waals surface area contributed by atoms with Gasteiger partial charge >= 0.3 is 0 Å². The van der Waals surface area contributed by atoms with Crippen LogP contribution in [0.3, 0.4) is 0 Å². The third-order valence-corrected chi connectivity index (χ3v) is 5.60. The number of piperidine rings is 1. The summed E-state index contributed by atoms with van der Waals surface area (Å²) in [6.45, 7) is 5.46. The Labute approximate surface area is 133 Å². The molecule has 0 bridgehead atoms. The Balaban J connectivity index is 2.13. The maximum absolute atomic E-state index is 12.6. The zero-order valence-corrected chi connectivity index (χ0v) is 14.2. The highest BCUT2D eigenvalue weighted by molar-refractivity contribution is 9.10. The van der Waals surface area contributed by atoms with Crippen molar-refractivity contribution in [3.63, 3.8) is 0 Å². The van der Waals surface area contributed by atoms with Gasteiger partial charge in [0.1, 0.15) is 0 Å². The Kier molecular flexibility index (Phi) is 4.49. The van der Waals surface area contributed by atoms with Crippen LogP contribution < -0.4 is 5.73 Å². The molecule has 1 aliphatic heterocycles. The van der Waals surface area contributed by atoms with Crippen LogP contribution in [0.5, 0.6) is 0 Å². The maximum Gasteiger partial charge on any atom is 0.254 e. The summed E-state index contributed by atoms with van der Waals surface area (Å²) >= 11 is 8.60. The van der Waals surface area contributed by atoms with Gasteiger partial charge in [0.2, 0.25) is 0 Å². The van der Waals surface area contributed by atoms with Crippen LogP contribution in [0.25, 0.3) is 0 Å². The van der Waals surface area contributed by atoms with Gasteiger partial charge in [0, 0.05) is 28.5 Å². The van der Waals surface area contributed by atoms with Gasteiger partial charge < -0.3 is 10.6 Å². The molecule has 0 atom stereocenters. The van der Waals surface area contributed by atoms with E-state index in [0.29, 0.717) is 18.1 Å². The third-order valence-electron chi connectivity index (χ3n) is 4.25. The van der Waals surface area contributed by atoms with Crippen molar-refractivity contribution in [3.05, 3.63) is 33.8 Å². The average molecular weight is 355 g/mol. The summed E-state index contributed by atoms with van der Waals surface area (Å²) in [5, 5.41) is 0. The number of rotatable bonds is 2. The topological polar surface area (TPSA) is 46.3 Å². The minimum atomic E-state index is -0.113. The van der Waals surface area contributed by atoms with Crippen LogP contribution >= 0.6 is 28.1 Å². The van der Waals surface area contributed by atoms with Crippen molar-refractivity contribution in [2.45, 2.75) is 26.7 Å². The van der Waals surface area contributed by atoms with Crippen molar-refractivity contribution in [1.29, 1.82) is 0 Å². The molecule has 1 aliphatic rings. The largest absolute Gasteiger partial charge is 0.393 e. The number of nitrogens with zero attached hydrogens (tertiary/aromatic N) is 1. The van der Waals surface area contributed by atoms with E-state index in [1.807, 2.05) is 30.0 Å². The van der Waals surface area contributed by atoms with Crippen molar-refractivity contribution < 1.29 is 4.79 Å². The zero-order valence-electron chi connectivity index (χ0n) is 11.8. The number of halogens is 1. The molecule has 0 aliphatic carbocycles. The molecule has 108 valence electrons. The molecule has 1 aromatic carbocycles. The number of likely N-dealkylation sites (tertiary alicyclic amines) is 1. The maximum atomic E-state index is 12.6. The standard InChI is InChI=1S/C15H19BrN2OS/c1-10-11(4-3-5-12(10)16)13(19)18-8-6-15(2,7-9-18)14(17)20/h3-5H,6-9H2,1-2H3,(H2,17,20). The van der Waals surface area contributed by atoms with Crippen molar-refractivity contribution >= 4 is 39.0 Å². The molecule has 1 fully saturated rings. The monoisotopic (exact) mass is 354 g/mol. The van der Waals surface area contributed by atoms with E-state index >= 15 is 0 Å². The molecule has 0 unspecified atom stereocenters. The first-order valence-electron chi connectivity index (χ1n) is 6.69. The number of thiocarbonyl (C=S) groups is 1. The number of nitrogens with two attached hydrogens (primary N) is 1. The van der Waals surface area contributed by atoms with E-state index in [-0.39, 0.29) is 11.3 Å². The summed E-state index contributed by atoms with van der Waals surface area (Å²) < 4.78 is 0.966. The number of hydrogen-bond donors (Lipinski definition) is 1. The quantitative estimate of drug-likeness (QED) is 0.828. The van der Waals surface area contributed by atoms with Crippen LogP contribution in [0.1, 0.15) is 35.7 Å². The molecule has 0 spiro atoms. The fourth-order valence-electron chi connectivity index (χ4n) is 2.46. The van der Waals surface area contributed by atoms with E-state index in [1.165, 1.54) is 0 Å². The lowest BCUT2D eigenvalue weighted by Gasteiger charge is -2.38. The summed E-state index contributed by atoms with van der Waals surface area (Å²) in [5.41, 5.74) is 7.44. The SMILES string of the molecule is Cc1c(Br)cccc1C(=O)N1CCC(C)(C(N)=S)CC1. The Morgan fingerprint density at radius 2 is 2.00 bits per heavy atom. The predicted octanol–water partition coefficient (Wildman–Crippen LogP) is 3.29. The number of benzene rings is 1. The van der Waals surface area contributed by atoms with Crippen LogP contribution in [0.4, 0.5) is 0 Å². The van der Waals surface area contributed by atoms with Gasteiger partial charge in [-0.3, -0.25) is 4.79 Å². The highest BCUT2D eigenvalue weighted by Crippen LogP contribution is 2.32. The Morgan fingerprint density at radius 1 is 1.40 bits per heavy atom. The number of carbonyl (C=O) groups excluding carboxylic acids is 1. The van der Waals surface area contributed by atoms with Crippen molar-refractivity contribution in [1.82, 2.24) is 4.90 Å². The molecule has 3 nitrogen and oxygen atoms in total. The van der Waals surface area contributed by atoms with E-state index in [1.54, 1.807) is 0 Å². The van der Waals surface area contributed by atoms with Crippen LogP contribution in [0.2, 0.25) is 0 Å². The summed E-state index contributed by atoms with van der Waals surface area (Å²) in [5.74, 6) is 0.0915. The molecular weight excluding hydrogens is 336 g/mol. The second kappa shape index (κ2) is 5.82. The molecule has 2 rings (SSSR count). The normalized spacial score (nSPS) is 17.9. The van der Waals surface area contributed by atoms with Gasteiger partial charge in [0.05, 0.1) is 4.99 Å². The van der Waals surface area contributed by atoms with E-state index < -0.39 is 0 Å². The van der Waals surface area contributed by atoms with Gasteiger partial charge in [-0.1, -0.05) is 41.1 Å². The van der Waals surface area contributed by atoms with Crippen LogP contribution in [0, 0.1) is 12.3 Å². The number of hydrogen-bond acceptors (Lipinski definition) is 2. The molecule has 0 aromatic heterocycles. The average Bonchev–Trinajstić information content (AvgIpc) is 2.42. The zero-order chi connectivity index (χ0) is 14.9. The molecule has 0 radical (unpaired) electrons. The van der Waals surface area contributed by atoms with Crippen LogP contribution in [0.15, 0.2) is 22.7 Å². The lowest BCUT2D eigenvalue weighted by molar-refractivity contribution is 0.0669. The van der Waals surface area contributed by atoms with Gasteiger partial charge in [-0.2, -0.15) is 0 Å². The number of amides is 1. The van der Waals surface area contributed by atoms with Gasteiger partial charge in [0.15, 0.2) is 0 Å². The minimum absolute atomic E-state index is 0.0915. The predicted molar refractivity (Wildman–Crippen MR) is 88.9 cm³/mol. The lowest BCUT2D eigenvalue weighted by atomic mass is 9.80. The van der Waals surface area contributed by atoms with E-state index in [9.17, 15) is 4.79 Å². The van der Waals surface area contributed by atoms with E-state index in [0.717, 1.165) is 28.4 Å². The molecular formula is C15H19BrN2OS. The summed E-state index contributed by atoms with van der Waals surface area (Å²) in [4.78, 5) is 15.1. The molecule has 20 heavy (non-hydrogen) atoms. The molecule has 5 heteroatoms. The summed E-state index contributed by atoms with van der Waals surface area (Å²) in [6, 6.07) is 5.73. The first-order valence-corrected chi connectivity index (χ1v) is 7.89. The Bertz CT molecular complexity index is 551. The molecule has 1 amide bonds. The fourth-order valence-corrected chi connectivity index (χ4v) is 3.03. The van der Waals surface area contributed by atoms with Gasteiger partial charge in [0.25, 0.3) is 5.91 Å². The molecule has 1 aromatic rings. The van der Waals surface area contributed by atoms with Crippen LogP contribution in [-0.2, 0) is 0 Å². The summed E-state index contributed by atoms with van der Waals surface area (Å²) in [7, 11) is 0. The van der Waals surface area contributed by atoms with Gasteiger partial charge in [-0.05, 0) is 37.5 Å². The summed E-state index contributed by atoms with van der Waals surface area (Å²) in [6.07, 6.45) is 1.67. The molecule has 0 saturated carbocycles. The lowest BCUT2D eigenvalue weighted by Crippen LogP contribution is -2.46. The van der Waals surface area contributed by atoms with Crippen molar-refractivity contribution in [3.8, 4) is 0 Å². The third kappa shape index (κ3) is 2.88. The van der Waals surface area contributed by atoms with Crippen molar-refractivity contribution in [2.24, 2.45) is 11.1 Å². The number of carbonyl (C=O) groups is 1. The van der Waals surface area contributed by atoms with E-state index in [4.69, 9.17) is 18.0 Å². The highest BCUT2D eigenvalue weighted by Gasteiger charge is 2.34. The Hall–Kier alpha value is -0.940. The van der Waals surface area contributed by atoms with Crippen molar-refractivity contribution in [2.75, 3.05) is 13.1 Å². The first-order chi connectivity index (χ1) is 9.35. The van der Waals surface area contributed by atoms with E-state index in [2.05, 4.69) is 22.9 Å².